The fourth-order valence-electron chi connectivity index (χ4n) is 2.30. The topological polar surface area (TPSA) is 80.3 Å². The number of aromatic nitrogens is 1. The summed E-state index contributed by atoms with van der Waals surface area (Å²) in [4.78, 5) is 27.9. The fourth-order valence-corrected chi connectivity index (χ4v) is 3.21. The van der Waals surface area contributed by atoms with Crippen LogP contribution in [0.4, 0.5) is 0 Å². The second-order valence-electron chi connectivity index (χ2n) is 5.61. The van der Waals surface area contributed by atoms with E-state index in [0.717, 1.165) is 20.8 Å². The molecule has 7 heteroatoms. The van der Waals surface area contributed by atoms with E-state index in [1.165, 1.54) is 11.3 Å². The first-order chi connectivity index (χ1) is 12.7. The molecule has 1 heterocycles. The van der Waals surface area contributed by atoms with Gasteiger partial charge < -0.3 is 15.4 Å². The van der Waals surface area contributed by atoms with Crippen LogP contribution in [0.25, 0.3) is 10.2 Å². The van der Waals surface area contributed by atoms with Gasteiger partial charge in [0.2, 0.25) is 11.8 Å². The summed E-state index contributed by atoms with van der Waals surface area (Å²) in [6, 6.07) is 17.4. The minimum Gasteiger partial charge on any atom is -0.364 e. The van der Waals surface area contributed by atoms with Crippen LogP contribution in [0, 0.1) is 0 Å². The van der Waals surface area contributed by atoms with Gasteiger partial charge in [-0.05, 0) is 17.7 Å². The van der Waals surface area contributed by atoms with Crippen molar-refractivity contribution < 1.29 is 14.3 Å². The van der Waals surface area contributed by atoms with Gasteiger partial charge in [0.15, 0.2) is 0 Å². The molecule has 26 heavy (non-hydrogen) atoms. The Labute approximate surface area is 155 Å². The van der Waals surface area contributed by atoms with Gasteiger partial charge in [-0.3, -0.25) is 9.59 Å². The summed E-state index contributed by atoms with van der Waals surface area (Å²) in [5.41, 5.74) is 1.93. The third-order valence-corrected chi connectivity index (χ3v) is 4.59. The maximum atomic E-state index is 11.8. The molecular formula is C19H19N3O3S. The number of hydrogen-bond acceptors (Lipinski definition) is 5. The number of fused-ring (bicyclic) bond motifs is 1. The Morgan fingerprint density at radius 2 is 1.73 bits per heavy atom. The molecule has 1 aromatic heterocycles. The van der Waals surface area contributed by atoms with E-state index in [0.29, 0.717) is 6.54 Å². The Balaban J connectivity index is 1.33. The molecule has 0 saturated heterocycles. The van der Waals surface area contributed by atoms with Crippen molar-refractivity contribution in [3.63, 3.8) is 0 Å². The normalized spacial score (nSPS) is 10.6. The molecule has 0 spiro atoms. The van der Waals surface area contributed by atoms with E-state index >= 15 is 0 Å². The molecule has 0 unspecified atom stereocenters. The third-order valence-electron chi connectivity index (χ3n) is 3.58. The first kappa shape index (κ1) is 18.0. The molecule has 0 radical (unpaired) electrons. The molecule has 0 saturated carbocycles. The smallest absolute Gasteiger partial charge is 0.246 e. The molecule has 2 amide bonds. The van der Waals surface area contributed by atoms with E-state index in [1.807, 2.05) is 54.6 Å². The van der Waals surface area contributed by atoms with Gasteiger partial charge in [-0.25, -0.2) is 4.98 Å². The number of nitrogens with zero attached hydrogens (tertiary/aromatic N) is 1. The first-order valence-electron chi connectivity index (χ1n) is 8.20. The van der Waals surface area contributed by atoms with Crippen molar-refractivity contribution in [3.05, 3.63) is 65.2 Å². The van der Waals surface area contributed by atoms with Crippen LogP contribution in [-0.4, -0.2) is 29.9 Å². The zero-order valence-electron chi connectivity index (χ0n) is 14.1. The van der Waals surface area contributed by atoms with Crippen molar-refractivity contribution in [2.75, 3.05) is 13.2 Å². The summed E-state index contributed by atoms with van der Waals surface area (Å²) in [6.45, 7) is 0.522. The largest absolute Gasteiger partial charge is 0.364 e. The first-order valence-corrected chi connectivity index (χ1v) is 9.02. The van der Waals surface area contributed by atoms with E-state index in [1.54, 1.807) is 0 Å². The van der Waals surface area contributed by atoms with Gasteiger partial charge in [0.1, 0.15) is 11.6 Å². The van der Waals surface area contributed by atoms with Gasteiger partial charge in [-0.15, -0.1) is 11.3 Å². The lowest BCUT2D eigenvalue weighted by molar-refractivity contribution is -0.129. The Morgan fingerprint density at radius 1 is 0.962 bits per heavy atom. The van der Waals surface area contributed by atoms with E-state index < -0.39 is 0 Å². The molecule has 0 fully saturated rings. The quantitative estimate of drug-likeness (QED) is 0.638. The van der Waals surface area contributed by atoms with Crippen LogP contribution < -0.4 is 10.6 Å². The van der Waals surface area contributed by atoms with Crippen LogP contribution in [-0.2, 0) is 27.5 Å². The Kier molecular flexibility index (Phi) is 6.29. The van der Waals surface area contributed by atoms with Crippen molar-refractivity contribution in [3.8, 4) is 0 Å². The van der Waals surface area contributed by atoms with Gasteiger partial charge in [-0.2, -0.15) is 0 Å². The fraction of sp³-hybridized carbons (Fsp3) is 0.211. The predicted molar refractivity (Wildman–Crippen MR) is 101 cm³/mol. The lowest BCUT2D eigenvalue weighted by Crippen LogP contribution is -2.38. The highest BCUT2D eigenvalue weighted by molar-refractivity contribution is 7.18. The molecule has 3 rings (SSSR count). The number of nitrogens with one attached hydrogen (secondary N) is 2. The number of para-hydroxylation sites is 1. The third kappa shape index (κ3) is 5.37. The number of hydrogen-bond donors (Lipinski definition) is 2. The molecule has 2 N–H and O–H groups in total. The number of thiazole rings is 1. The number of ether oxygens (including phenoxy) is 1. The monoisotopic (exact) mass is 369 g/mol. The summed E-state index contributed by atoms with van der Waals surface area (Å²) >= 11 is 1.54. The predicted octanol–water partition coefficient (Wildman–Crippen LogP) is 2.25. The lowest BCUT2D eigenvalue weighted by Gasteiger charge is -2.07. The van der Waals surface area contributed by atoms with Crippen LogP contribution in [0.1, 0.15) is 10.6 Å². The van der Waals surface area contributed by atoms with E-state index in [2.05, 4.69) is 15.6 Å². The molecule has 0 atom stereocenters. The highest BCUT2D eigenvalue weighted by atomic mass is 32.1. The molecule has 6 nitrogen and oxygen atoms in total. The molecule has 0 aliphatic rings. The Bertz CT molecular complexity index is 847. The summed E-state index contributed by atoms with van der Waals surface area (Å²) in [6.07, 6.45) is 0. The number of benzene rings is 2. The highest BCUT2D eigenvalue weighted by Crippen LogP contribution is 2.21. The maximum Gasteiger partial charge on any atom is 0.246 e. The molecule has 0 bridgehead atoms. The van der Waals surface area contributed by atoms with Crippen LogP contribution >= 0.6 is 11.3 Å². The number of rotatable bonds is 8. The Morgan fingerprint density at radius 3 is 2.54 bits per heavy atom. The van der Waals surface area contributed by atoms with Gasteiger partial charge >= 0.3 is 0 Å². The summed E-state index contributed by atoms with van der Waals surface area (Å²) in [7, 11) is 0. The van der Waals surface area contributed by atoms with Gasteiger partial charge in [-0.1, -0.05) is 42.5 Å². The molecule has 0 aliphatic carbocycles. The number of carbonyl (C=O) groups is 2. The van der Waals surface area contributed by atoms with Gasteiger partial charge in [0.05, 0.1) is 23.4 Å². The number of carbonyl (C=O) groups excluding carboxylic acids is 2. The summed E-state index contributed by atoms with van der Waals surface area (Å²) < 4.78 is 6.47. The van der Waals surface area contributed by atoms with E-state index in [9.17, 15) is 9.59 Å². The van der Waals surface area contributed by atoms with Crippen LogP contribution in [0.2, 0.25) is 0 Å². The zero-order valence-corrected chi connectivity index (χ0v) is 14.9. The van der Waals surface area contributed by atoms with Crippen molar-refractivity contribution in [1.29, 1.82) is 0 Å². The second-order valence-corrected chi connectivity index (χ2v) is 6.72. The number of amides is 2. The molecule has 134 valence electrons. The summed E-state index contributed by atoms with van der Waals surface area (Å²) in [5, 5.41) is 6.11. The minimum atomic E-state index is -0.332. The molecule has 3 aromatic rings. The van der Waals surface area contributed by atoms with Gasteiger partial charge in [0.25, 0.3) is 0 Å². The van der Waals surface area contributed by atoms with Crippen LogP contribution in [0.3, 0.4) is 0 Å². The van der Waals surface area contributed by atoms with Crippen LogP contribution in [0.5, 0.6) is 0 Å². The molecular weight excluding hydrogens is 350 g/mol. The van der Waals surface area contributed by atoms with Crippen LogP contribution in [0.15, 0.2) is 54.6 Å². The average Bonchev–Trinajstić information content (AvgIpc) is 3.08. The average molecular weight is 369 g/mol. The van der Waals surface area contributed by atoms with Crippen molar-refractivity contribution >= 4 is 33.4 Å². The van der Waals surface area contributed by atoms with E-state index in [-0.39, 0.29) is 31.6 Å². The van der Waals surface area contributed by atoms with Crippen molar-refractivity contribution in [1.82, 2.24) is 15.6 Å². The van der Waals surface area contributed by atoms with Crippen molar-refractivity contribution in [2.45, 2.75) is 13.2 Å². The highest BCUT2D eigenvalue weighted by Gasteiger charge is 2.07. The molecule has 0 aliphatic heterocycles. The Hall–Kier alpha value is -2.77. The minimum absolute atomic E-state index is 0.0732. The summed E-state index contributed by atoms with van der Waals surface area (Å²) in [5.74, 6) is -0.575. The zero-order chi connectivity index (χ0) is 18.2. The second kappa shape index (κ2) is 9.07. The van der Waals surface area contributed by atoms with Crippen molar-refractivity contribution in [2.24, 2.45) is 0 Å². The lowest BCUT2D eigenvalue weighted by atomic mass is 10.2. The maximum absolute atomic E-state index is 11.8. The molecule has 2 aromatic carbocycles. The van der Waals surface area contributed by atoms with Gasteiger partial charge in [0, 0.05) is 6.54 Å². The SMILES string of the molecule is O=C(CNC(=O)COCc1nc2ccccc2s1)NCc1ccccc1. The standard InChI is InChI=1S/C19H19N3O3S/c23-17(20-10-14-6-2-1-3-7-14)11-21-18(24)12-25-13-19-22-15-8-4-5-9-16(15)26-19/h1-9H,10-13H2,(H,20,23)(H,21,24). The van der Waals surface area contributed by atoms with E-state index in [4.69, 9.17) is 4.74 Å².